The average Bonchev–Trinajstić information content (AvgIpc) is 2.26. The summed E-state index contributed by atoms with van der Waals surface area (Å²) < 4.78 is 0.971. The monoisotopic (exact) mass is 310 g/mol. The second kappa shape index (κ2) is 6.90. The van der Waals surface area contributed by atoms with Crippen LogP contribution in [0.3, 0.4) is 0 Å². The highest BCUT2D eigenvalue weighted by Gasteiger charge is 2.16. The minimum absolute atomic E-state index is 0.0155. The van der Waals surface area contributed by atoms with Crippen LogP contribution >= 0.6 is 15.9 Å². The number of hydrogen-bond donors (Lipinski definition) is 2. The molecule has 0 radical (unpaired) electrons. The van der Waals surface area contributed by atoms with Crippen molar-refractivity contribution < 1.29 is 4.79 Å². The largest absolute Gasteiger partial charge is 0.325 e. The Bertz CT molecular complexity index is 405. The van der Waals surface area contributed by atoms with Crippen LogP contribution in [0.4, 0.5) is 5.69 Å². The molecule has 18 heavy (non-hydrogen) atoms. The summed E-state index contributed by atoms with van der Waals surface area (Å²) in [5.41, 5.74) is 0.829. The zero-order valence-electron chi connectivity index (χ0n) is 10.4. The predicted molar refractivity (Wildman–Crippen MR) is 77.6 cm³/mol. The summed E-state index contributed by atoms with van der Waals surface area (Å²) in [5, 5.41) is 6.06. The first-order valence-electron chi connectivity index (χ1n) is 6.50. The number of hydrogen-bond acceptors (Lipinski definition) is 2. The standard InChI is InChI=1S/C14H19BrN2O/c15-12-5-2-6-13(9-12)17-14(18)10-16-8-7-11-3-1-4-11/h2,5-6,9,11,16H,1,3-4,7-8,10H2,(H,17,18). The van der Waals surface area contributed by atoms with Gasteiger partial charge in [-0.2, -0.15) is 0 Å². The molecule has 0 unspecified atom stereocenters. The third-order valence-corrected chi connectivity index (χ3v) is 3.84. The van der Waals surface area contributed by atoms with Crippen LogP contribution in [0.1, 0.15) is 25.7 Å². The van der Waals surface area contributed by atoms with Crippen LogP contribution in [-0.2, 0) is 4.79 Å². The second-order valence-corrected chi connectivity index (χ2v) is 5.74. The summed E-state index contributed by atoms with van der Waals surface area (Å²) >= 11 is 3.38. The van der Waals surface area contributed by atoms with Crippen LogP contribution in [0, 0.1) is 5.92 Å². The molecule has 1 aromatic carbocycles. The molecule has 0 bridgehead atoms. The summed E-state index contributed by atoms with van der Waals surface area (Å²) in [4.78, 5) is 11.7. The summed E-state index contributed by atoms with van der Waals surface area (Å²) in [6.45, 7) is 1.33. The van der Waals surface area contributed by atoms with Crippen LogP contribution in [0.25, 0.3) is 0 Å². The Labute approximate surface area is 116 Å². The van der Waals surface area contributed by atoms with E-state index in [4.69, 9.17) is 0 Å². The van der Waals surface area contributed by atoms with Gasteiger partial charge in [-0.15, -0.1) is 0 Å². The van der Waals surface area contributed by atoms with E-state index in [1.54, 1.807) is 0 Å². The number of nitrogens with one attached hydrogen (secondary N) is 2. The van der Waals surface area contributed by atoms with Crippen molar-refractivity contribution in [3.63, 3.8) is 0 Å². The number of amides is 1. The molecule has 3 nitrogen and oxygen atoms in total. The molecule has 0 aliphatic heterocycles. The maximum absolute atomic E-state index is 11.7. The predicted octanol–water partition coefficient (Wildman–Crippen LogP) is 3.17. The van der Waals surface area contributed by atoms with Crippen molar-refractivity contribution in [2.24, 2.45) is 5.92 Å². The second-order valence-electron chi connectivity index (χ2n) is 4.82. The Morgan fingerprint density at radius 1 is 1.39 bits per heavy atom. The van der Waals surface area contributed by atoms with E-state index in [9.17, 15) is 4.79 Å². The molecular weight excluding hydrogens is 292 g/mol. The first-order valence-corrected chi connectivity index (χ1v) is 7.29. The SMILES string of the molecule is O=C(CNCCC1CCC1)Nc1cccc(Br)c1. The number of halogens is 1. The molecule has 1 saturated carbocycles. The molecule has 0 spiro atoms. The fourth-order valence-electron chi connectivity index (χ4n) is 2.06. The number of carbonyl (C=O) groups excluding carboxylic acids is 1. The first-order chi connectivity index (χ1) is 8.74. The van der Waals surface area contributed by atoms with Crippen molar-refractivity contribution >= 4 is 27.5 Å². The molecule has 0 aromatic heterocycles. The summed E-state index contributed by atoms with van der Waals surface area (Å²) in [7, 11) is 0. The molecule has 0 atom stereocenters. The topological polar surface area (TPSA) is 41.1 Å². The lowest BCUT2D eigenvalue weighted by atomic mass is 9.83. The van der Waals surface area contributed by atoms with Crippen molar-refractivity contribution in [1.29, 1.82) is 0 Å². The lowest BCUT2D eigenvalue weighted by molar-refractivity contribution is -0.115. The lowest BCUT2D eigenvalue weighted by Crippen LogP contribution is -2.30. The summed E-state index contributed by atoms with van der Waals surface area (Å²) in [6, 6.07) is 7.62. The van der Waals surface area contributed by atoms with Gasteiger partial charge in [-0.3, -0.25) is 4.79 Å². The van der Waals surface area contributed by atoms with Gasteiger partial charge in [0, 0.05) is 10.2 Å². The smallest absolute Gasteiger partial charge is 0.238 e. The first kappa shape index (κ1) is 13.6. The molecule has 2 N–H and O–H groups in total. The normalized spacial score (nSPS) is 15.2. The molecule has 1 amide bonds. The Hall–Kier alpha value is -0.870. The van der Waals surface area contributed by atoms with Gasteiger partial charge in [-0.1, -0.05) is 41.3 Å². The van der Waals surface area contributed by atoms with Crippen molar-refractivity contribution in [3.8, 4) is 0 Å². The maximum Gasteiger partial charge on any atom is 0.238 e. The quantitative estimate of drug-likeness (QED) is 0.792. The average molecular weight is 311 g/mol. The third-order valence-electron chi connectivity index (χ3n) is 3.35. The highest BCUT2D eigenvalue weighted by atomic mass is 79.9. The molecule has 1 aromatic rings. The van der Waals surface area contributed by atoms with Gasteiger partial charge in [0.1, 0.15) is 0 Å². The lowest BCUT2D eigenvalue weighted by Gasteiger charge is -2.25. The molecule has 98 valence electrons. The van der Waals surface area contributed by atoms with E-state index in [1.807, 2.05) is 24.3 Å². The van der Waals surface area contributed by atoms with E-state index in [2.05, 4.69) is 26.6 Å². The highest BCUT2D eigenvalue weighted by molar-refractivity contribution is 9.10. The molecule has 1 fully saturated rings. The minimum atomic E-state index is 0.0155. The molecule has 1 aliphatic rings. The van der Waals surface area contributed by atoms with E-state index < -0.39 is 0 Å². The van der Waals surface area contributed by atoms with Crippen LogP contribution in [0.2, 0.25) is 0 Å². The van der Waals surface area contributed by atoms with E-state index in [1.165, 1.54) is 25.7 Å². The summed E-state index contributed by atoms with van der Waals surface area (Å²) in [6.07, 6.45) is 5.32. The fraction of sp³-hybridized carbons (Fsp3) is 0.500. The minimum Gasteiger partial charge on any atom is -0.325 e. The van der Waals surface area contributed by atoms with Crippen molar-refractivity contribution in [2.75, 3.05) is 18.4 Å². The zero-order chi connectivity index (χ0) is 12.8. The molecule has 2 rings (SSSR count). The van der Waals surface area contributed by atoms with Gasteiger partial charge in [0.25, 0.3) is 0 Å². The van der Waals surface area contributed by atoms with Gasteiger partial charge in [0.05, 0.1) is 6.54 Å². The number of rotatable bonds is 6. The Morgan fingerprint density at radius 3 is 2.89 bits per heavy atom. The van der Waals surface area contributed by atoms with Gasteiger partial charge in [0.15, 0.2) is 0 Å². The third kappa shape index (κ3) is 4.42. The molecule has 0 saturated heterocycles. The highest BCUT2D eigenvalue weighted by Crippen LogP contribution is 2.28. The molecular formula is C14H19BrN2O. The van der Waals surface area contributed by atoms with E-state index in [0.29, 0.717) is 6.54 Å². The van der Waals surface area contributed by atoms with E-state index in [-0.39, 0.29) is 5.91 Å². The van der Waals surface area contributed by atoms with Crippen molar-refractivity contribution in [1.82, 2.24) is 5.32 Å². The Morgan fingerprint density at radius 2 is 2.22 bits per heavy atom. The maximum atomic E-state index is 11.7. The molecule has 4 heteroatoms. The fourth-order valence-corrected chi connectivity index (χ4v) is 2.46. The van der Waals surface area contributed by atoms with Crippen molar-refractivity contribution in [3.05, 3.63) is 28.7 Å². The van der Waals surface area contributed by atoms with Gasteiger partial charge in [0.2, 0.25) is 5.91 Å². The summed E-state index contributed by atoms with van der Waals surface area (Å²) in [5.74, 6) is 0.910. The molecule has 0 heterocycles. The zero-order valence-corrected chi connectivity index (χ0v) is 12.0. The van der Waals surface area contributed by atoms with Crippen LogP contribution in [-0.4, -0.2) is 19.0 Å². The van der Waals surface area contributed by atoms with Crippen molar-refractivity contribution in [2.45, 2.75) is 25.7 Å². The van der Waals surface area contributed by atoms with E-state index >= 15 is 0 Å². The van der Waals surface area contributed by atoms with Gasteiger partial charge in [-0.05, 0) is 37.1 Å². The van der Waals surface area contributed by atoms with Crippen LogP contribution in [0.5, 0.6) is 0 Å². The van der Waals surface area contributed by atoms with Crippen LogP contribution < -0.4 is 10.6 Å². The Kier molecular flexibility index (Phi) is 5.20. The van der Waals surface area contributed by atoms with Crippen LogP contribution in [0.15, 0.2) is 28.7 Å². The number of anilines is 1. The Balaban J connectivity index is 1.62. The van der Waals surface area contributed by atoms with Gasteiger partial charge < -0.3 is 10.6 Å². The number of carbonyl (C=O) groups is 1. The van der Waals surface area contributed by atoms with Gasteiger partial charge >= 0.3 is 0 Å². The van der Waals surface area contributed by atoms with Gasteiger partial charge in [-0.25, -0.2) is 0 Å². The van der Waals surface area contributed by atoms with E-state index in [0.717, 1.165) is 22.6 Å². The molecule has 1 aliphatic carbocycles. The number of benzene rings is 1.